The zero-order valence-electron chi connectivity index (χ0n) is 12.4. The van der Waals surface area contributed by atoms with Crippen LogP contribution in [0.5, 0.6) is 0 Å². The lowest BCUT2D eigenvalue weighted by atomic mass is 10.1. The largest absolute Gasteiger partial charge is 0.478 e. The second-order valence-electron chi connectivity index (χ2n) is 4.93. The zero-order valence-corrected chi connectivity index (χ0v) is 14.8. The normalized spacial score (nSPS) is 17.5. The smallest absolute Gasteiger partial charge is 0.335 e. The molecule has 2 aromatic rings. The monoisotopic (exact) mass is 406 g/mol. The van der Waals surface area contributed by atoms with Crippen molar-refractivity contribution in [3.05, 3.63) is 56.8 Å². The number of aromatic carboxylic acids is 1. The van der Waals surface area contributed by atoms with Gasteiger partial charge in [0.15, 0.2) is 9.84 Å². The van der Waals surface area contributed by atoms with E-state index in [1.807, 2.05) is 6.92 Å². The van der Waals surface area contributed by atoms with E-state index >= 15 is 0 Å². The number of nitrogens with zero attached hydrogens (tertiary/aromatic N) is 1. The molecule has 1 fully saturated rings. The van der Waals surface area contributed by atoms with E-state index in [0.717, 1.165) is 5.56 Å². The van der Waals surface area contributed by atoms with Crippen LogP contribution in [0.3, 0.4) is 0 Å². The number of aryl methyl sites for hydroxylation is 1. The van der Waals surface area contributed by atoms with Gasteiger partial charge < -0.3 is 14.8 Å². The minimum Gasteiger partial charge on any atom is -0.478 e. The van der Waals surface area contributed by atoms with Crippen LogP contribution in [-0.2, 0) is 4.79 Å². The third-order valence-corrected chi connectivity index (χ3v) is 4.53. The number of carbonyl (C=O) groups is 2. The fourth-order valence-corrected chi connectivity index (χ4v) is 3.12. The van der Waals surface area contributed by atoms with Gasteiger partial charge in [0.2, 0.25) is 0 Å². The zero-order chi connectivity index (χ0) is 17.3. The van der Waals surface area contributed by atoms with Crippen molar-refractivity contribution in [1.82, 2.24) is 5.32 Å². The Morgan fingerprint density at radius 1 is 1.38 bits per heavy atom. The number of amidine groups is 1. The molecule has 8 heteroatoms. The molecule has 1 amide bonds. The first kappa shape index (κ1) is 16.5. The summed E-state index contributed by atoms with van der Waals surface area (Å²) in [5.41, 5.74) is 1.46. The first-order valence-electron chi connectivity index (χ1n) is 6.81. The van der Waals surface area contributed by atoms with Gasteiger partial charge in [0.25, 0.3) is 5.91 Å². The maximum atomic E-state index is 12.0. The quantitative estimate of drug-likeness (QED) is 0.752. The second-order valence-corrected chi connectivity index (χ2v) is 6.74. The summed E-state index contributed by atoms with van der Waals surface area (Å²) in [5.74, 6) is -0.758. The SMILES string of the molecule is Cc1ccc(C(=O)O)cc1N=C1NC(=O)C(=Cc2ccc(Br)o2)S1. The maximum Gasteiger partial charge on any atom is 0.335 e. The van der Waals surface area contributed by atoms with Crippen LogP contribution in [0.2, 0.25) is 0 Å². The molecule has 1 saturated heterocycles. The van der Waals surface area contributed by atoms with Gasteiger partial charge in [0, 0.05) is 6.08 Å². The van der Waals surface area contributed by atoms with Crippen LogP contribution in [-0.4, -0.2) is 22.2 Å². The Kier molecular flexibility index (Phi) is 4.59. The van der Waals surface area contributed by atoms with Crippen molar-refractivity contribution in [2.24, 2.45) is 4.99 Å². The molecule has 0 saturated carbocycles. The fourth-order valence-electron chi connectivity index (χ4n) is 1.99. The predicted octanol–water partition coefficient (Wildman–Crippen LogP) is 3.94. The van der Waals surface area contributed by atoms with Gasteiger partial charge in [-0.05, 0) is 64.4 Å². The van der Waals surface area contributed by atoms with Crippen molar-refractivity contribution in [2.75, 3.05) is 0 Å². The lowest BCUT2D eigenvalue weighted by Crippen LogP contribution is -2.19. The molecule has 0 radical (unpaired) electrons. The van der Waals surface area contributed by atoms with E-state index in [-0.39, 0.29) is 11.5 Å². The average molecular weight is 407 g/mol. The highest BCUT2D eigenvalue weighted by atomic mass is 79.9. The molecule has 1 aromatic heterocycles. The third kappa shape index (κ3) is 3.60. The van der Waals surface area contributed by atoms with Crippen LogP contribution in [0, 0.1) is 6.92 Å². The minimum absolute atomic E-state index is 0.144. The Labute approximate surface area is 149 Å². The molecule has 0 spiro atoms. The Morgan fingerprint density at radius 2 is 2.17 bits per heavy atom. The number of aliphatic imine (C=N–C) groups is 1. The summed E-state index contributed by atoms with van der Waals surface area (Å²) < 4.78 is 5.93. The number of carboxylic acid groups (broad SMARTS) is 1. The van der Waals surface area contributed by atoms with Crippen LogP contribution in [0.4, 0.5) is 5.69 Å². The summed E-state index contributed by atoms with van der Waals surface area (Å²) in [5, 5.41) is 12.1. The number of hydrogen-bond acceptors (Lipinski definition) is 5. The lowest BCUT2D eigenvalue weighted by Gasteiger charge is -2.03. The molecule has 0 unspecified atom stereocenters. The van der Waals surface area contributed by atoms with E-state index in [0.29, 0.717) is 26.2 Å². The highest BCUT2D eigenvalue weighted by Crippen LogP contribution is 2.30. The molecule has 2 heterocycles. The summed E-state index contributed by atoms with van der Waals surface area (Å²) in [7, 11) is 0. The van der Waals surface area contributed by atoms with Crippen LogP contribution in [0.1, 0.15) is 21.7 Å². The van der Waals surface area contributed by atoms with E-state index in [1.165, 1.54) is 23.9 Å². The molecular formula is C16H11BrN2O4S. The summed E-state index contributed by atoms with van der Waals surface area (Å²) in [4.78, 5) is 27.9. The summed E-state index contributed by atoms with van der Waals surface area (Å²) in [6.07, 6.45) is 1.62. The number of carboxylic acids is 1. The molecular weight excluding hydrogens is 396 g/mol. The van der Waals surface area contributed by atoms with Crippen molar-refractivity contribution >= 4 is 56.5 Å². The fraction of sp³-hybridized carbons (Fsp3) is 0.0625. The third-order valence-electron chi connectivity index (χ3n) is 3.20. The molecule has 122 valence electrons. The number of halogens is 1. The molecule has 0 atom stereocenters. The van der Waals surface area contributed by atoms with Gasteiger partial charge in [-0.2, -0.15) is 0 Å². The molecule has 1 aromatic carbocycles. The highest BCUT2D eigenvalue weighted by Gasteiger charge is 2.24. The number of benzene rings is 1. The van der Waals surface area contributed by atoms with Crippen molar-refractivity contribution < 1.29 is 19.1 Å². The number of nitrogens with one attached hydrogen (secondary N) is 1. The molecule has 2 N–H and O–H groups in total. The number of hydrogen-bond donors (Lipinski definition) is 2. The topological polar surface area (TPSA) is 91.9 Å². The van der Waals surface area contributed by atoms with Crippen molar-refractivity contribution in [2.45, 2.75) is 6.92 Å². The van der Waals surface area contributed by atoms with Crippen LogP contribution >= 0.6 is 27.7 Å². The molecule has 0 bridgehead atoms. The van der Waals surface area contributed by atoms with Crippen LogP contribution in [0.25, 0.3) is 6.08 Å². The van der Waals surface area contributed by atoms with Crippen molar-refractivity contribution in [3.63, 3.8) is 0 Å². The lowest BCUT2D eigenvalue weighted by molar-refractivity contribution is -0.115. The predicted molar refractivity (Wildman–Crippen MR) is 95.4 cm³/mol. The van der Waals surface area contributed by atoms with E-state index in [1.54, 1.807) is 24.3 Å². The molecule has 24 heavy (non-hydrogen) atoms. The highest BCUT2D eigenvalue weighted by molar-refractivity contribution is 9.10. The number of amides is 1. The van der Waals surface area contributed by atoms with Crippen molar-refractivity contribution in [1.29, 1.82) is 0 Å². The van der Waals surface area contributed by atoms with Crippen molar-refractivity contribution in [3.8, 4) is 0 Å². The Morgan fingerprint density at radius 3 is 2.83 bits per heavy atom. The van der Waals surface area contributed by atoms with Gasteiger partial charge in [-0.25, -0.2) is 9.79 Å². The first-order valence-corrected chi connectivity index (χ1v) is 8.42. The molecule has 1 aliphatic heterocycles. The molecule has 0 aliphatic carbocycles. The van der Waals surface area contributed by atoms with E-state index in [4.69, 9.17) is 9.52 Å². The number of furan rings is 1. The molecule has 1 aliphatic rings. The maximum absolute atomic E-state index is 12.0. The standard InChI is InChI=1S/C16H11BrN2O4S/c1-8-2-3-9(15(21)22)6-11(8)18-16-19-14(20)12(24-16)7-10-4-5-13(17)23-10/h2-7H,1H3,(H,21,22)(H,18,19,20). The van der Waals surface area contributed by atoms with Gasteiger partial charge >= 0.3 is 5.97 Å². The minimum atomic E-state index is -1.02. The number of thioether (sulfide) groups is 1. The number of carbonyl (C=O) groups excluding carboxylic acids is 1. The summed E-state index contributed by atoms with van der Waals surface area (Å²) in [6, 6.07) is 8.15. The second kappa shape index (κ2) is 6.66. The van der Waals surface area contributed by atoms with Gasteiger partial charge in [-0.15, -0.1) is 0 Å². The Balaban J connectivity index is 1.88. The van der Waals surface area contributed by atoms with E-state index in [9.17, 15) is 9.59 Å². The van der Waals surface area contributed by atoms with Crippen LogP contribution in [0.15, 0.2) is 49.3 Å². The van der Waals surface area contributed by atoms with Gasteiger partial charge in [-0.3, -0.25) is 4.79 Å². The Hall–Kier alpha value is -2.32. The van der Waals surface area contributed by atoms with E-state index < -0.39 is 5.97 Å². The Bertz CT molecular complexity index is 901. The van der Waals surface area contributed by atoms with E-state index in [2.05, 4.69) is 26.2 Å². The molecule has 6 nitrogen and oxygen atoms in total. The van der Waals surface area contributed by atoms with Crippen LogP contribution < -0.4 is 5.32 Å². The van der Waals surface area contributed by atoms with Gasteiger partial charge in [0.05, 0.1) is 16.2 Å². The first-order chi connectivity index (χ1) is 11.4. The van der Waals surface area contributed by atoms with Gasteiger partial charge in [0.1, 0.15) is 5.76 Å². The number of rotatable bonds is 3. The average Bonchev–Trinajstić information content (AvgIpc) is 3.08. The molecule has 3 rings (SSSR count). The summed E-state index contributed by atoms with van der Waals surface area (Å²) >= 11 is 4.37. The summed E-state index contributed by atoms with van der Waals surface area (Å²) in [6.45, 7) is 1.82. The van der Waals surface area contributed by atoms with Gasteiger partial charge in [-0.1, -0.05) is 6.07 Å².